The summed E-state index contributed by atoms with van der Waals surface area (Å²) < 4.78 is 15.0. The van der Waals surface area contributed by atoms with E-state index in [-0.39, 0.29) is 5.82 Å². The van der Waals surface area contributed by atoms with Crippen LogP contribution in [0.2, 0.25) is 0 Å². The quantitative estimate of drug-likeness (QED) is 0.173. The van der Waals surface area contributed by atoms with Gasteiger partial charge in [-0.3, -0.25) is 0 Å². The number of hydrogen-bond acceptors (Lipinski definition) is 0. The van der Waals surface area contributed by atoms with Crippen molar-refractivity contribution in [3.8, 4) is 22.3 Å². The van der Waals surface area contributed by atoms with Crippen molar-refractivity contribution >= 4 is 12.2 Å². The lowest BCUT2D eigenvalue weighted by Gasteiger charge is -2.12. The molecule has 0 spiro atoms. The van der Waals surface area contributed by atoms with E-state index in [2.05, 4.69) is 117 Å². The molecule has 1 atom stereocenters. The third-order valence-corrected chi connectivity index (χ3v) is 7.39. The van der Waals surface area contributed by atoms with Crippen molar-refractivity contribution in [1.82, 2.24) is 0 Å². The zero-order chi connectivity index (χ0) is 27.0. The summed E-state index contributed by atoms with van der Waals surface area (Å²) >= 11 is 0. The van der Waals surface area contributed by atoms with Crippen molar-refractivity contribution < 1.29 is 4.39 Å². The molecule has 5 aromatic rings. The van der Waals surface area contributed by atoms with E-state index < -0.39 is 0 Å². The Kier molecular flexibility index (Phi) is 8.48. The average molecular weight is 511 g/mol. The van der Waals surface area contributed by atoms with Gasteiger partial charge in [0, 0.05) is 5.56 Å². The highest BCUT2D eigenvalue weighted by Gasteiger charge is 2.08. The first-order valence-corrected chi connectivity index (χ1v) is 13.9. The second-order valence-corrected chi connectivity index (χ2v) is 10.4. The molecule has 1 heteroatoms. The Morgan fingerprint density at radius 2 is 1.18 bits per heavy atom. The fourth-order valence-corrected chi connectivity index (χ4v) is 5.05. The fraction of sp³-hybridized carbons (Fsp3) is 0.158. The zero-order valence-corrected chi connectivity index (χ0v) is 22.8. The van der Waals surface area contributed by atoms with Crippen LogP contribution in [0.15, 0.2) is 121 Å². The second-order valence-electron chi connectivity index (χ2n) is 10.4. The minimum atomic E-state index is -0.214. The number of hydrogen-bond donors (Lipinski definition) is 0. The molecule has 0 aliphatic rings. The van der Waals surface area contributed by atoms with Crippen molar-refractivity contribution in [1.29, 1.82) is 0 Å². The van der Waals surface area contributed by atoms with E-state index in [9.17, 15) is 4.39 Å². The predicted octanol–water partition coefficient (Wildman–Crippen LogP) is 10.6. The molecule has 5 aromatic carbocycles. The average Bonchev–Trinajstić information content (AvgIpc) is 2.98. The van der Waals surface area contributed by atoms with E-state index in [0.29, 0.717) is 11.5 Å². The Morgan fingerprint density at radius 1 is 0.615 bits per heavy atom. The third kappa shape index (κ3) is 6.81. The maximum absolute atomic E-state index is 15.0. The van der Waals surface area contributed by atoms with Gasteiger partial charge in [-0.15, -0.1) is 0 Å². The van der Waals surface area contributed by atoms with Crippen molar-refractivity contribution in [3.63, 3.8) is 0 Å². The highest BCUT2D eigenvalue weighted by atomic mass is 19.1. The zero-order valence-electron chi connectivity index (χ0n) is 22.8. The Morgan fingerprint density at radius 3 is 1.79 bits per heavy atom. The van der Waals surface area contributed by atoms with Gasteiger partial charge in [0.1, 0.15) is 5.82 Å². The van der Waals surface area contributed by atoms with Crippen LogP contribution in [0.3, 0.4) is 0 Å². The molecular formula is C38H35F. The predicted molar refractivity (Wildman–Crippen MR) is 165 cm³/mol. The lowest BCUT2D eigenvalue weighted by atomic mass is 9.93. The monoisotopic (exact) mass is 510 g/mol. The fourth-order valence-electron chi connectivity index (χ4n) is 5.05. The molecule has 0 bridgehead atoms. The highest BCUT2D eigenvalue weighted by Crippen LogP contribution is 2.26. The van der Waals surface area contributed by atoms with E-state index in [0.717, 1.165) is 36.0 Å². The maximum Gasteiger partial charge on any atom is 0.131 e. The van der Waals surface area contributed by atoms with Crippen LogP contribution in [0, 0.1) is 5.82 Å². The highest BCUT2D eigenvalue weighted by molar-refractivity contribution is 5.74. The van der Waals surface area contributed by atoms with Crippen LogP contribution >= 0.6 is 0 Å². The van der Waals surface area contributed by atoms with Crippen LogP contribution in [0.1, 0.15) is 54.0 Å². The maximum atomic E-state index is 15.0. The molecule has 0 nitrogen and oxygen atoms in total. The van der Waals surface area contributed by atoms with Crippen molar-refractivity contribution in [3.05, 3.63) is 155 Å². The topological polar surface area (TPSA) is 0 Å². The van der Waals surface area contributed by atoms with E-state index in [4.69, 9.17) is 0 Å². The number of rotatable bonds is 9. The summed E-state index contributed by atoms with van der Waals surface area (Å²) in [5.74, 6) is 0.239. The van der Waals surface area contributed by atoms with Crippen LogP contribution in [0.4, 0.5) is 4.39 Å². The van der Waals surface area contributed by atoms with Gasteiger partial charge in [0.05, 0.1) is 0 Å². The van der Waals surface area contributed by atoms with E-state index in [1.807, 2.05) is 24.3 Å². The number of halogens is 1. The lowest BCUT2D eigenvalue weighted by Crippen LogP contribution is -1.98. The van der Waals surface area contributed by atoms with Gasteiger partial charge in [0.2, 0.25) is 0 Å². The third-order valence-electron chi connectivity index (χ3n) is 7.39. The summed E-state index contributed by atoms with van der Waals surface area (Å²) in [6, 6.07) is 41.8. The van der Waals surface area contributed by atoms with Gasteiger partial charge in [-0.2, -0.15) is 0 Å². The molecule has 0 amide bonds. The standard InChI is InChI=1S/C38H35F/c1-3-7-29-10-17-33(18-11-29)34-19-12-30(13-20-34)14-23-36-24-25-37(27-38(36)39)35-21-15-31(16-22-35)26-28(2)32-8-5-4-6-9-32/h4-6,8-25,27-28H,3,7,26H2,1-2H3/t28-/m1/s1. The van der Waals surface area contributed by atoms with Gasteiger partial charge in [-0.05, 0) is 69.3 Å². The molecule has 194 valence electrons. The molecule has 0 fully saturated rings. The molecule has 0 heterocycles. The molecule has 0 saturated heterocycles. The van der Waals surface area contributed by atoms with Gasteiger partial charge in [0.15, 0.2) is 0 Å². The first-order valence-electron chi connectivity index (χ1n) is 13.9. The molecule has 5 rings (SSSR count). The van der Waals surface area contributed by atoms with Gasteiger partial charge in [-0.1, -0.05) is 148 Å². The Bertz CT molecular complexity index is 1510. The van der Waals surface area contributed by atoms with Gasteiger partial charge in [0.25, 0.3) is 0 Å². The second kappa shape index (κ2) is 12.5. The van der Waals surface area contributed by atoms with Crippen LogP contribution in [-0.4, -0.2) is 0 Å². The summed E-state index contributed by atoms with van der Waals surface area (Å²) in [6.07, 6.45) is 7.07. The molecule has 0 aromatic heterocycles. The molecule has 0 N–H and O–H groups in total. The summed E-state index contributed by atoms with van der Waals surface area (Å²) in [5.41, 5.74) is 9.96. The minimum Gasteiger partial charge on any atom is -0.206 e. The smallest absolute Gasteiger partial charge is 0.131 e. The molecular weight excluding hydrogens is 475 g/mol. The van der Waals surface area contributed by atoms with E-state index in [1.165, 1.54) is 27.8 Å². The summed E-state index contributed by atoms with van der Waals surface area (Å²) in [7, 11) is 0. The molecule has 0 saturated carbocycles. The molecule has 0 aliphatic heterocycles. The van der Waals surface area contributed by atoms with Crippen molar-refractivity contribution in [2.75, 3.05) is 0 Å². The normalized spacial score (nSPS) is 12.1. The molecule has 39 heavy (non-hydrogen) atoms. The van der Waals surface area contributed by atoms with Crippen LogP contribution in [0.5, 0.6) is 0 Å². The van der Waals surface area contributed by atoms with Gasteiger partial charge >= 0.3 is 0 Å². The number of benzene rings is 5. The van der Waals surface area contributed by atoms with E-state index >= 15 is 0 Å². The Labute approximate surface area is 232 Å². The largest absolute Gasteiger partial charge is 0.206 e. The van der Waals surface area contributed by atoms with Crippen LogP contribution in [-0.2, 0) is 12.8 Å². The Balaban J connectivity index is 1.23. The molecule has 0 aliphatic carbocycles. The van der Waals surface area contributed by atoms with Gasteiger partial charge < -0.3 is 0 Å². The van der Waals surface area contributed by atoms with Crippen molar-refractivity contribution in [2.45, 2.75) is 39.0 Å². The summed E-state index contributed by atoms with van der Waals surface area (Å²) in [4.78, 5) is 0. The van der Waals surface area contributed by atoms with Crippen molar-refractivity contribution in [2.24, 2.45) is 0 Å². The molecule has 0 radical (unpaired) electrons. The van der Waals surface area contributed by atoms with E-state index in [1.54, 1.807) is 6.07 Å². The van der Waals surface area contributed by atoms with Crippen LogP contribution < -0.4 is 0 Å². The Hall–Kier alpha value is -4.23. The van der Waals surface area contributed by atoms with Gasteiger partial charge in [-0.25, -0.2) is 4.39 Å². The minimum absolute atomic E-state index is 0.214. The summed E-state index contributed by atoms with van der Waals surface area (Å²) in [5, 5.41) is 0. The summed E-state index contributed by atoms with van der Waals surface area (Å²) in [6.45, 7) is 4.46. The first-order chi connectivity index (χ1) is 19.1. The first kappa shape index (κ1) is 26.4. The lowest BCUT2D eigenvalue weighted by molar-refractivity contribution is 0.625. The number of aryl methyl sites for hydroxylation is 1. The molecule has 0 unspecified atom stereocenters. The SMILES string of the molecule is CCCc1ccc(-c2ccc(C=Cc3ccc(-c4ccc(C[C@@H](C)c5ccccc5)cc4)cc3F)cc2)cc1. The van der Waals surface area contributed by atoms with Crippen LogP contribution in [0.25, 0.3) is 34.4 Å².